The highest BCUT2D eigenvalue weighted by atomic mass is 32.2. The molecule has 0 saturated heterocycles. The molecule has 0 unspecified atom stereocenters. The Labute approximate surface area is 95.3 Å². The Balaban J connectivity index is 2.57. The van der Waals surface area contributed by atoms with Gasteiger partial charge in [0.2, 0.25) is 0 Å². The number of hydrogen-bond donors (Lipinski definition) is 0. The van der Waals surface area contributed by atoms with Gasteiger partial charge in [0, 0.05) is 18.1 Å². The standard InChI is InChI=1S/C12H15NOS/c1-10(15-7-6-14-2)12-5-3-4-11(8-12)9-13/h3-5,8,10H,6-7H2,1-2H3/t10-/m0/s1. The van der Waals surface area contributed by atoms with E-state index in [0.29, 0.717) is 5.25 Å². The first-order valence-corrected chi connectivity index (χ1v) is 5.93. The van der Waals surface area contributed by atoms with E-state index in [-0.39, 0.29) is 0 Å². The maximum Gasteiger partial charge on any atom is 0.0991 e. The zero-order valence-electron chi connectivity index (χ0n) is 9.06. The van der Waals surface area contributed by atoms with Crippen LogP contribution in [0.1, 0.15) is 23.3 Å². The highest BCUT2D eigenvalue weighted by molar-refractivity contribution is 7.99. The Bertz CT molecular complexity index is 346. The minimum absolute atomic E-state index is 0.411. The number of hydrogen-bond acceptors (Lipinski definition) is 3. The largest absolute Gasteiger partial charge is 0.384 e. The van der Waals surface area contributed by atoms with Crippen molar-refractivity contribution < 1.29 is 4.74 Å². The Hall–Kier alpha value is -0.980. The molecule has 2 nitrogen and oxygen atoms in total. The van der Waals surface area contributed by atoms with Gasteiger partial charge in [-0.2, -0.15) is 17.0 Å². The molecular weight excluding hydrogens is 206 g/mol. The summed E-state index contributed by atoms with van der Waals surface area (Å²) in [5, 5.41) is 9.19. The Morgan fingerprint density at radius 1 is 1.53 bits per heavy atom. The molecule has 0 aromatic heterocycles. The minimum atomic E-state index is 0.411. The van der Waals surface area contributed by atoms with E-state index in [1.54, 1.807) is 7.11 Å². The summed E-state index contributed by atoms with van der Waals surface area (Å²) in [4.78, 5) is 0. The quantitative estimate of drug-likeness (QED) is 0.717. The number of rotatable bonds is 5. The van der Waals surface area contributed by atoms with Gasteiger partial charge in [0.15, 0.2) is 0 Å². The number of nitrogens with zero attached hydrogens (tertiary/aromatic N) is 1. The first kappa shape index (κ1) is 12.1. The van der Waals surface area contributed by atoms with Gasteiger partial charge in [-0.05, 0) is 24.6 Å². The van der Waals surface area contributed by atoms with Crippen LogP contribution in [0.25, 0.3) is 0 Å². The maximum atomic E-state index is 8.78. The van der Waals surface area contributed by atoms with Crippen molar-refractivity contribution in [3.8, 4) is 6.07 Å². The molecule has 0 bridgehead atoms. The first-order valence-electron chi connectivity index (χ1n) is 4.88. The molecule has 0 aliphatic rings. The van der Waals surface area contributed by atoms with E-state index < -0.39 is 0 Å². The smallest absolute Gasteiger partial charge is 0.0991 e. The van der Waals surface area contributed by atoms with Crippen LogP contribution in [-0.4, -0.2) is 19.5 Å². The van der Waals surface area contributed by atoms with Crippen LogP contribution in [0, 0.1) is 11.3 Å². The molecule has 1 atom stereocenters. The van der Waals surface area contributed by atoms with Crippen LogP contribution in [0.4, 0.5) is 0 Å². The summed E-state index contributed by atoms with van der Waals surface area (Å²) in [5.41, 5.74) is 1.93. The predicted molar refractivity (Wildman–Crippen MR) is 63.9 cm³/mol. The lowest BCUT2D eigenvalue weighted by Crippen LogP contribution is -1.96. The monoisotopic (exact) mass is 221 g/mol. The molecule has 1 aromatic carbocycles. The average molecular weight is 221 g/mol. The molecule has 0 spiro atoms. The lowest BCUT2D eigenvalue weighted by atomic mass is 10.1. The fourth-order valence-corrected chi connectivity index (χ4v) is 2.22. The minimum Gasteiger partial charge on any atom is -0.384 e. The molecule has 15 heavy (non-hydrogen) atoms. The summed E-state index contributed by atoms with van der Waals surface area (Å²) in [6, 6.07) is 9.93. The van der Waals surface area contributed by atoms with Crippen molar-refractivity contribution in [1.29, 1.82) is 5.26 Å². The van der Waals surface area contributed by atoms with Crippen LogP contribution in [0.3, 0.4) is 0 Å². The van der Waals surface area contributed by atoms with E-state index in [4.69, 9.17) is 10.00 Å². The van der Waals surface area contributed by atoms with Gasteiger partial charge in [0.25, 0.3) is 0 Å². The summed E-state index contributed by atoms with van der Waals surface area (Å²) >= 11 is 1.84. The number of nitriles is 1. The molecule has 0 radical (unpaired) electrons. The second-order valence-electron chi connectivity index (χ2n) is 3.24. The normalized spacial score (nSPS) is 12.1. The molecule has 0 amide bonds. The Morgan fingerprint density at radius 3 is 3.00 bits per heavy atom. The van der Waals surface area contributed by atoms with Crippen molar-refractivity contribution in [2.75, 3.05) is 19.5 Å². The average Bonchev–Trinajstić information content (AvgIpc) is 2.29. The molecule has 80 valence electrons. The predicted octanol–water partition coefficient (Wildman–Crippen LogP) is 3.00. The van der Waals surface area contributed by atoms with Gasteiger partial charge in [0.05, 0.1) is 18.2 Å². The molecule has 0 saturated carbocycles. The summed E-state index contributed by atoms with van der Waals surface area (Å²) in [5.74, 6) is 0.981. The molecule has 3 heteroatoms. The lowest BCUT2D eigenvalue weighted by molar-refractivity contribution is 0.218. The van der Waals surface area contributed by atoms with Crippen molar-refractivity contribution in [3.05, 3.63) is 35.4 Å². The second-order valence-corrected chi connectivity index (χ2v) is 4.69. The van der Waals surface area contributed by atoms with Crippen molar-refractivity contribution in [2.24, 2.45) is 0 Å². The molecular formula is C12H15NOS. The summed E-state index contributed by atoms with van der Waals surface area (Å²) in [7, 11) is 1.71. The van der Waals surface area contributed by atoms with Gasteiger partial charge in [-0.15, -0.1) is 0 Å². The summed E-state index contributed by atoms with van der Waals surface area (Å²) in [6.45, 7) is 2.92. The van der Waals surface area contributed by atoms with E-state index in [1.807, 2.05) is 30.0 Å². The second kappa shape index (κ2) is 6.49. The van der Waals surface area contributed by atoms with Gasteiger partial charge in [-0.25, -0.2) is 0 Å². The van der Waals surface area contributed by atoms with Crippen LogP contribution < -0.4 is 0 Å². The zero-order chi connectivity index (χ0) is 11.1. The molecule has 1 rings (SSSR count). The number of thioether (sulfide) groups is 1. The first-order chi connectivity index (χ1) is 7.27. The van der Waals surface area contributed by atoms with E-state index in [9.17, 15) is 0 Å². The van der Waals surface area contributed by atoms with E-state index in [2.05, 4.69) is 19.1 Å². The molecule has 0 aliphatic heterocycles. The van der Waals surface area contributed by atoms with Crippen LogP contribution in [0.15, 0.2) is 24.3 Å². The van der Waals surface area contributed by atoms with Gasteiger partial charge in [-0.1, -0.05) is 12.1 Å². The fraction of sp³-hybridized carbons (Fsp3) is 0.417. The Morgan fingerprint density at radius 2 is 2.33 bits per heavy atom. The lowest BCUT2D eigenvalue weighted by Gasteiger charge is -2.11. The third kappa shape index (κ3) is 3.94. The van der Waals surface area contributed by atoms with Gasteiger partial charge >= 0.3 is 0 Å². The fourth-order valence-electron chi connectivity index (χ4n) is 1.27. The van der Waals surface area contributed by atoms with Crippen molar-refractivity contribution in [3.63, 3.8) is 0 Å². The highest BCUT2D eigenvalue weighted by Gasteiger charge is 2.05. The summed E-state index contributed by atoms with van der Waals surface area (Å²) < 4.78 is 5.00. The highest BCUT2D eigenvalue weighted by Crippen LogP contribution is 2.28. The third-order valence-corrected chi connectivity index (χ3v) is 3.31. The molecule has 0 N–H and O–H groups in total. The van der Waals surface area contributed by atoms with Crippen LogP contribution in [0.2, 0.25) is 0 Å². The van der Waals surface area contributed by atoms with Crippen molar-refractivity contribution in [1.82, 2.24) is 0 Å². The molecule has 0 fully saturated rings. The molecule has 0 aliphatic carbocycles. The van der Waals surface area contributed by atoms with Crippen LogP contribution in [-0.2, 0) is 4.74 Å². The molecule has 1 aromatic rings. The summed E-state index contributed by atoms with van der Waals surface area (Å²) in [6.07, 6.45) is 0. The van der Waals surface area contributed by atoms with Gasteiger partial charge in [-0.3, -0.25) is 0 Å². The number of ether oxygens (including phenoxy) is 1. The van der Waals surface area contributed by atoms with Crippen LogP contribution >= 0.6 is 11.8 Å². The Kier molecular flexibility index (Phi) is 5.23. The zero-order valence-corrected chi connectivity index (χ0v) is 9.88. The van der Waals surface area contributed by atoms with E-state index >= 15 is 0 Å². The SMILES string of the molecule is COCCS[C@@H](C)c1cccc(C#N)c1. The van der Waals surface area contributed by atoms with E-state index in [1.165, 1.54) is 5.56 Å². The number of benzene rings is 1. The van der Waals surface area contributed by atoms with E-state index in [0.717, 1.165) is 17.9 Å². The number of methoxy groups -OCH3 is 1. The maximum absolute atomic E-state index is 8.78. The van der Waals surface area contributed by atoms with Crippen molar-refractivity contribution >= 4 is 11.8 Å². The third-order valence-electron chi connectivity index (χ3n) is 2.14. The van der Waals surface area contributed by atoms with Gasteiger partial charge in [0.1, 0.15) is 0 Å². The van der Waals surface area contributed by atoms with Crippen molar-refractivity contribution in [2.45, 2.75) is 12.2 Å². The van der Waals surface area contributed by atoms with Gasteiger partial charge < -0.3 is 4.74 Å². The molecule has 0 heterocycles. The topological polar surface area (TPSA) is 33.0 Å². The van der Waals surface area contributed by atoms with Crippen LogP contribution in [0.5, 0.6) is 0 Å².